The van der Waals surface area contributed by atoms with Crippen molar-refractivity contribution in [1.29, 1.82) is 0 Å². The zero-order valence-electron chi connectivity index (χ0n) is 9.45. The van der Waals surface area contributed by atoms with Crippen molar-refractivity contribution in [3.8, 4) is 0 Å². The van der Waals surface area contributed by atoms with E-state index < -0.39 is 10.0 Å². The highest BCUT2D eigenvalue weighted by Crippen LogP contribution is 2.34. The SMILES string of the molecule is COCC(CCCl)NS(=O)(=O)c1cc(Cl)c(Br)s1. The molecule has 1 unspecified atom stereocenters. The maximum absolute atomic E-state index is 12.1. The molecule has 0 amide bonds. The number of nitrogens with one attached hydrogen (secondary N) is 1. The lowest BCUT2D eigenvalue weighted by Gasteiger charge is -2.15. The molecular formula is C9H12BrCl2NO3S2. The van der Waals surface area contributed by atoms with E-state index in [2.05, 4.69) is 20.7 Å². The lowest BCUT2D eigenvalue weighted by Crippen LogP contribution is -2.38. The van der Waals surface area contributed by atoms with Gasteiger partial charge >= 0.3 is 0 Å². The highest BCUT2D eigenvalue weighted by atomic mass is 79.9. The van der Waals surface area contributed by atoms with E-state index in [1.54, 1.807) is 0 Å². The van der Waals surface area contributed by atoms with Crippen molar-refractivity contribution in [3.05, 3.63) is 14.9 Å². The van der Waals surface area contributed by atoms with Crippen LogP contribution in [0, 0.1) is 0 Å². The summed E-state index contributed by atoms with van der Waals surface area (Å²) in [5, 5.41) is 0.376. The molecule has 0 aromatic carbocycles. The third-order valence-corrected chi connectivity index (χ3v) is 6.72. The molecular weight excluding hydrogens is 385 g/mol. The van der Waals surface area contributed by atoms with Gasteiger partial charge in [-0.1, -0.05) is 11.6 Å². The number of methoxy groups -OCH3 is 1. The fourth-order valence-electron chi connectivity index (χ4n) is 1.25. The van der Waals surface area contributed by atoms with Crippen molar-refractivity contribution in [2.24, 2.45) is 0 Å². The number of hydrogen-bond acceptors (Lipinski definition) is 4. The Labute approximate surface area is 129 Å². The van der Waals surface area contributed by atoms with E-state index in [0.717, 1.165) is 11.3 Å². The molecule has 1 atom stereocenters. The van der Waals surface area contributed by atoms with Crippen LogP contribution in [0.5, 0.6) is 0 Å². The van der Waals surface area contributed by atoms with Crippen LogP contribution in [-0.2, 0) is 14.8 Å². The Morgan fingerprint density at radius 3 is 2.72 bits per heavy atom. The van der Waals surface area contributed by atoms with E-state index in [4.69, 9.17) is 27.9 Å². The van der Waals surface area contributed by atoms with Crippen LogP contribution in [0.25, 0.3) is 0 Å². The highest BCUT2D eigenvalue weighted by Gasteiger charge is 2.22. The first-order chi connectivity index (χ1) is 8.40. The second kappa shape index (κ2) is 7.42. The number of sulfonamides is 1. The number of hydrogen-bond donors (Lipinski definition) is 1. The van der Waals surface area contributed by atoms with Crippen molar-refractivity contribution in [3.63, 3.8) is 0 Å². The molecule has 0 bridgehead atoms. The normalized spacial score (nSPS) is 13.8. The fraction of sp³-hybridized carbons (Fsp3) is 0.556. The van der Waals surface area contributed by atoms with Crippen LogP contribution in [0.15, 0.2) is 14.1 Å². The van der Waals surface area contributed by atoms with E-state index in [9.17, 15) is 8.42 Å². The standard InChI is InChI=1S/C9H12BrCl2NO3S2/c1-16-5-6(2-3-11)13-18(14,15)8-4-7(12)9(10)17-8/h4,6,13H,2-3,5H2,1H3. The molecule has 18 heavy (non-hydrogen) atoms. The maximum atomic E-state index is 12.1. The number of ether oxygens (including phenoxy) is 1. The van der Waals surface area contributed by atoms with Crippen LogP contribution < -0.4 is 4.72 Å². The van der Waals surface area contributed by atoms with Crippen LogP contribution >= 0.6 is 50.5 Å². The molecule has 1 N–H and O–H groups in total. The van der Waals surface area contributed by atoms with Gasteiger partial charge in [-0.15, -0.1) is 22.9 Å². The molecule has 1 aromatic heterocycles. The molecule has 1 rings (SSSR count). The van der Waals surface area contributed by atoms with Gasteiger partial charge in [-0.25, -0.2) is 13.1 Å². The third-order valence-electron chi connectivity index (χ3n) is 2.03. The molecule has 0 aliphatic carbocycles. The first kappa shape index (κ1) is 16.7. The molecule has 0 fully saturated rings. The number of thiophene rings is 1. The lowest BCUT2D eigenvalue weighted by atomic mass is 10.3. The van der Waals surface area contributed by atoms with Gasteiger partial charge in [0.15, 0.2) is 0 Å². The Balaban J connectivity index is 2.85. The molecule has 0 saturated carbocycles. The minimum absolute atomic E-state index is 0.162. The monoisotopic (exact) mass is 395 g/mol. The largest absolute Gasteiger partial charge is 0.383 e. The predicted octanol–water partition coefficient (Wildman–Crippen LogP) is 3.09. The Morgan fingerprint density at radius 2 is 2.28 bits per heavy atom. The van der Waals surface area contributed by atoms with Gasteiger partial charge in [-0.3, -0.25) is 0 Å². The van der Waals surface area contributed by atoms with Crippen molar-refractivity contribution in [2.45, 2.75) is 16.7 Å². The van der Waals surface area contributed by atoms with Crippen molar-refractivity contribution in [2.75, 3.05) is 19.6 Å². The number of halogens is 3. The van der Waals surface area contributed by atoms with E-state index in [1.807, 2.05) is 0 Å². The Kier molecular flexibility index (Phi) is 6.88. The van der Waals surface area contributed by atoms with E-state index in [1.165, 1.54) is 13.2 Å². The zero-order valence-corrected chi connectivity index (χ0v) is 14.2. The summed E-state index contributed by atoms with van der Waals surface area (Å²) < 4.78 is 32.4. The summed E-state index contributed by atoms with van der Waals surface area (Å²) in [7, 11) is -2.08. The van der Waals surface area contributed by atoms with Crippen molar-refractivity contribution in [1.82, 2.24) is 4.72 Å². The van der Waals surface area contributed by atoms with E-state index in [0.29, 0.717) is 21.1 Å². The van der Waals surface area contributed by atoms with Crippen LogP contribution in [0.2, 0.25) is 5.02 Å². The average Bonchev–Trinajstić information content (AvgIpc) is 2.60. The second-order valence-corrected chi connectivity index (χ2v) is 8.53. The third kappa shape index (κ3) is 4.63. The van der Waals surface area contributed by atoms with Gasteiger partial charge in [-0.05, 0) is 28.4 Å². The van der Waals surface area contributed by atoms with Gasteiger partial charge in [0.05, 0.1) is 15.4 Å². The van der Waals surface area contributed by atoms with E-state index in [-0.39, 0.29) is 16.9 Å². The molecule has 0 aliphatic heterocycles. The van der Waals surface area contributed by atoms with Gasteiger partial charge in [0.25, 0.3) is 0 Å². The van der Waals surface area contributed by atoms with Gasteiger partial charge in [0.1, 0.15) is 4.21 Å². The molecule has 104 valence electrons. The van der Waals surface area contributed by atoms with Gasteiger partial charge in [0, 0.05) is 19.0 Å². The van der Waals surface area contributed by atoms with Gasteiger partial charge in [0.2, 0.25) is 10.0 Å². The summed E-state index contributed by atoms with van der Waals surface area (Å²) >= 11 is 15.7. The molecule has 0 radical (unpaired) electrons. The maximum Gasteiger partial charge on any atom is 0.250 e. The Bertz CT molecular complexity index is 467. The van der Waals surface area contributed by atoms with Crippen LogP contribution in [0.1, 0.15) is 6.42 Å². The average molecular weight is 397 g/mol. The summed E-state index contributed by atoms with van der Waals surface area (Å²) in [6.45, 7) is 0.270. The minimum atomic E-state index is -3.59. The topological polar surface area (TPSA) is 55.4 Å². The quantitative estimate of drug-likeness (QED) is 0.720. The first-order valence-electron chi connectivity index (χ1n) is 4.92. The minimum Gasteiger partial charge on any atom is -0.383 e. The highest BCUT2D eigenvalue weighted by molar-refractivity contribution is 9.11. The molecule has 9 heteroatoms. The van der Waals surface area contributed by atoms with Crippen LogP contribution in [0.3, 0.4) is 0 Å². The number of rotatable bonds is 7. The summed E-state index contributed by atoms with van der Waals surface area (Å²) in [6.07, 6.45) is 0.495. The predicted molar refractivity (Wildman–Crippen MR) is 78.4 cm³/mol. The molecule has 0 spiro atoms. The van der Waals surface area contributed by atoms with Crippen LogP contribution in [0.4, 0.5) is 0 Å². The smallest absolute Gasteiger partial charge is 0.250 e. The lowest BCUT2D eigenvalue weighted by molar-refractivity contribution is 0.173. The summed E-state index contributed by atoms with van der Waals surface area (Å²) in [4.78, 5) is 0. The van der Waals surface area contributed by atoms with Gasteiger partial charge in [-0.2, -0.15) is 0 Å². The first-order valence-corrected chi connectivity index (χ1v) is 8.93. The molecule has 1 aromatic rings. The summed E-state index contributed by atoms with van der Waals surface area (Å²) in [5.41, 5.74) is 0. The number of alkyl halides is 1. The second-order valence-electron chi connectivity index (χ2n) is 3.44. The molecule has 0 aliphatic rings. The fourth-order valence-corrected chi connectivity index (χ4v) is 5.18. The Morgan fingerprint density at radius 1 is 1.61 bits per heavy atom. The zero-order chi connectivity index (χ0) is 13.8. The molecule has 1 heterocycles. The van der Waals surface area contributed by atoms with Crippen molar-refractivity contribution >= 4 is 60.5 Å². The molecule has 4 nitrogen and oxygen atoms in total. The Hall–Kier alpha value is 0.630. The molecule has 0 saturated heterocycles. The van der Waals surface area contributed by atoms with Gasteiger partial charge < -0.3 is 4.74 Å². The summed E-state index contributed by atoms with van der Waals surface area (Å²) in [6, 6.07) is 1.06. The van der Waals surface area contributed by atoms with Crippen LogP contribution in [-0.4, -0.2) is 34.1 Å². The summed E-state index contributed by atoms with van der Waals surface area (Å²) in [5.74, 6) is 0.353. The van der Waals surface area contributed by atoms with Crippen molar-refractivity contribution < 1.29 is 13.2 Å². The van der Waals surface area contributed by atoms with E-state index >= 15 is 0 Å².